The first kappa shape index (κ1) is 20.0. The molecule has 0 aliphatic carbocycles. The van der Waals surface area contributed by atoms with Crippen LogP contribution in [0.1, 0.15) is 31.7 Å². The van der Waals surface area contributed by atoms with Crippen molar-refractivity contribution in [2.75, 3.05) is 13.1 Å². The van der Waals surface area contributed by atoms with Gasteiger partial charge in [0.15, 0.2) is 0 Å². The number of hydrogen-bond acceptors (Lipinski definition) is 3. The number of carbonyl (C=O) groups excluding carboxylic acids is 1. The maximum atomic E-state index is 13.3. The lowest BCUT2D eigenvalue weighted by molar-refractivity contribution is -0.134. The number of benzene rings is 2. The molecule has 2 heterocycles. The van der Waals surface area contributed by atoms with Gasteiger partial charge in [0.25, 0.3) is 0 Å². The number of aromatic nitrogens is 1. The standard InChI is InChI=1S/C24H29N3OS/c1-18-12-15-27(16-13-18)24(28)22(10-7-19-5-3-2-4-6-19)26-29-21-9-8-20-11-14-25-23(20)17-21/h2-6,8-9,11,14,17-18,22,25-26H,7,10,12-13,15-16H2,1H3/t22-/m1/s1. The Kier molecular flexibility index (Phi) is 6.57. The zero-order valence-corrected chi connectivity index (χ0v) is 17.8. The highest BCUT2D eigenvalue weighted by Gasteiger charge is 2.27. The van der Waals surface area contributed by atoms with Crippen molar-refractivity contribution in [2.45, 2.75) is 43.5 Å². The molecular formula is C24H29N3OS. The Labute approximate surface area is 177 Å². The number of fused-ring (bicyclic) bond motifs is 1. The number of rotatable bonds is 7. The molecule has 2 N–H and O–H groups in total. The van der Waals surface area contributed by atoms with Crippen molar-refractivity contribution >= 4 is 28.8 Å². The summed E-state index contributed by atoms with van der Waals surface area (Å²) >= 11 is 1.56. The molecule has 4 rings (SSSR count). The lowest BCUT2D eigenvalue weighted by Crippen LogP contribution is -2.47. The number of piperidine rings is 1. The Balaban J connectivity index is 1.43. The van der Waals surface area contributed by atoms with Crippen LogP contribution in [0.4, 0.5) is 0 Å². The second kappa shape index (κ2) is 9.51. The topological polar surface area (TPSA) is 48.1 Å². The van der Waals surface area contributed by atoms with Gasteiger partial charge in [-0.15, -0.1) is 0 Å². The summed E-state index contributed by atoms with van der Waals surface area (Å²) in [5.41, 5.74) is 2.39. The fourth-order valence-electron chi connectivity index (χ4n) is 3.87. The van der Waals surface area contributed by atoms with Crippen molar-refractivity contribution in [2.24, 2.45) is 5.92 Å². The van der Waals surface area contributed by atoms with Crippen LogP contribution in [0.3, 0.4) is 0 Å². The molecule has 1 aliphatic rings. The summed E-state index contributed by atoms with van der Waals surface area (Å²) in [5, 5.41) is 1.20. The smallest absolute Gasteiger partial charge is 0.240 e. The number of aromatic amines is 1. The summed E-state index contributed by atoms with van der Waals surface area (Å²) in [5.74, 6) is 0.956. The van der Waals surface area contributed by atoms with Gasteiger partial charge in [0, 0.05) is 29.7 Å². The van der Waals surface area contributed by atoms with E-state index in [1.54, 1.807) is 11.9 Å². The van der Waals surface area contributed by atoms with Crippen LogP contribution in [-0.2, 0) is 11.2 Å². The molecule has 0 bridgehead atoms. The average molecular weight is 408 g/mol. The predicted molar refractivity (Wildman–Crippen MR) is 121 cm³/mol. The lowest BCUT2D eigenvalue weighted by atomic mass is 9.98. The highest BCUT2D eigenvalue weighted by atomic mass is 32.2. The monoisotopic (exact) mass is 407 g/mol. The Hall–Kier alpha value is -2.24. The summed E-state index contributed by atoms with van der Waals surface area (Å²) in [7, 11) is 0. The largest absolute Gasteiger partial charge is 0.361 e. The molecule has 4 nitrogen and oxygen atoms in total. The van der Waals surface area contributed by atoms with Crippen LogP contribution >= 0.6 is 11.9 Å². The molecule has 152 valence electrons. The molecule has 1 fully saturated rings. The van der Waals surface area contributed by atoms with E-state index in [9.17, 15) is 4.79 Å². The normalized spacial score (nSPS) is 16.2. The second-order valence-corrected chi connectivity index (χ2v) is 8.94. The fraction of sp³-hybridized carbons (Fsp3) is 0.375. The molecule has 0 saturated carbocycles. The van der Waals surface area contributed by atoms with Crippen LogP contribution in [0.25, 0.3) is 10.9 Å². The van der Waals surface area contributed by atoms with Gasteiger partial charge in [-0.25, -0.2) is 4.72 Å². The summed E-state index contributed by atoms with van der Waals surface area (Å²) in [6.45, 7) is 4.03. The molecular weight excluding hydrogens is 378 g/mol. The number of nitrogens with one attached hydrogen (secondary N) is 2. The minimum atomic E-state index is -0.187. The Morgan fingerprint density at radius 1 is 1.17 bits per heavy atom. The van der Waals surface area contributed by atoms with E-state index in [4.69, 9.17) is 0 Å². The first-order valence-electron chi connectivity index (χ1n) is 10.5. The van der Waals surface area contributed by atoms with Crippen LogP contribution < -0.4 is 4.72 Å². The molecule has 1 atom stereocenters. The van der Waals surface area contributed by atoms with Gasteiger partial charge in [-0.3, -0.25) is 4.79 Å². The van der Waals surface area contributed by atoms with Gasteiger partial charge >= 0.3 is 0 Å². The van der Waals surface area contributed by atoms with Gasteiger partial charge in [-0.1, -0.05) is 43.3 Å². The third kappa shape index (κ3) is 5.22. The van der Waals surface area contributed by atoms with Gasteiger partial charge < -0.3 is 9.88 Å². The van der Waals surface area contributed by atoms with Crippen molar-refractivity contribution in [1.29, 1.82) is 0 Å². The van der Waals surface area contributed by atoms with Crippen LogP contribution in [0.15, 0.2) is 65.7 Å². The quantitative estimate of drug-likeness (QED) is 0.540. The fourth-order valence-corrected chi connectivity index (χ4v) is 4.68. The minimum absolute atomic E-state index is 0.187. The van der Waals surface area contributed by atoms with E-state index in [1.807, 2.05) is 12.3 Å². The van der Waals surface area contributed by atoms with Gasteiger partial charge in [0.2, 0.25) is 5.91 Å². The Morgan fingerprint density at radius 3 is 2.76 bits per heavy atom. The van der Waals surface area contributed by atoms with Gasteiger partial charge in [0.05, 0.1) is 6.04 Å². The number of hydrogen-bond donors (Lipinski definition) is 2. The number of nitrogens with zero attached hydrogens (tertiary/aromatic N) is 1. The first-order chi connectivity index (χ1) is 14.2. The maximum absolute atomic E-state index is 13.3. The summed E-state index contributed by atoms with van der Waals surface area (Å²) in [6.07, 6.45) is 5.86. The van der Waals surface area contributed by atoms with Crippen LogP contribution in [0, 0.1) is 5.92 Å². The maximum Gasteiger partial charge on any atom is 0.240 e. The molecule has 0 radical (unpaired) electrons. The highest BCUT2D eigenvalue weighted by molar-refractivity contribution is 7.97. The minimum Gasteiger partial charge on any atom is -0.361 e. The SMILES string of the molecule is CC1CCN(C(=O)[C@@H](CCc2ccccc2)NSc2ccc3cc[nH]c3c2)CC1. The van der Waals surface area contributed by atoms with Gasteiger partial charge in [0.1, 0.15) is 0 Å². The van der Waals surface area contributed by atoms with Crippen molar-refractivity contribution in [1.82, 2.24) is 14.6 Å². The summed E-state index contributed by atoms with van der Waals surface area (Å²) in [6, 6.07) is 18.7. The molecule has 1 aliphatic heterocycles. The summed E-state index contributed by atoms with van der Waals surface area (Å²) < 4.78 is 3.48. The van der Waals surface area contributed by atoms with E-state index in [1.165, 1.54) is 10.9 Å². The zero-order valence-electron chi connectivity index (χ0n) is 16.9. The molecule has 0 spiro atoms. The molecule has 29 heavy (non-hydrogen) atoms. The summed E-state index contributed by atoms with van der Waals surface area (Å²) in [4.78, 5) is 19.7. The molecule has 1 aromatic heterocycles. The van der Waals surface area contributed by atoms with E-state index < -0.39 is 0 Å². The van der Waals surface area contributed by atoms with E-state index >= 15 is 0 Å². The second-order valence-electron chi connectivity index (χ2n) is 8.03. The van der Waals surface area contributed by atoms with Crippen LogP contribution in [-0.4, -0.2) is 34.9 Å². The van der Waals surface area contributed by atoms with Gasteiger partial charge in [-0.2, -0.15) is 0 Å². The molecule has 0 unspecified atom stereocenters. The Bertz CT molecular complexity index is 931. The zero-order chi connectivity index (χ0) is 20.1. The molecule has 5 heteroatoms. The van der Waals surface area contributed by atoms with E-state index in [0.717, 1.165) is 55.1 Å². The van der Waals surface area contributed by atoms with Crippen LogP contribution in [0.2, 0.25) is 0 Å². The number of amides is 1. The van der Waals surface area contributed by atoms with Crippen molar-refractivity contribution < 1.29 is 4.79 Å². The third-order valence-corrected chi connectivity index (χ3v) is 6.70. The van der Waals surface area contributed by atoms with Gasteiger partial charge in [-0.05, 0) is 72.7 Å². The molecule has 3 aromatic rings. The van der Waals surface area contributed by atoms with Crippen LogP contribution in [0.5, 0.6) is 0 Å². The number of likely N-dealkylation sites (tertiary alicyclic amines) is 1. The number of H-pyrrole nitrogens is 1. The lowest BCUT2D eigenvalue weighted by Gasteiger charge is -2.33. The predicted octanol–water partition coefficient (Wildman–Crippen LogP) is 5.02. The molecule has 1 saturated heterocycles. The number of carbonyl (C=O) groups is 1. The first-order valence-corrected chi connectivity index (χ1v) is 11.3. The van der Waals surface area contributed by atoms with Crippen molar-refractivity contribution in [3.8, 4) is 0 Å². The molecule has 1 amide bonds. The third-order valence-electron chi connectivity index (χ3n) is 5.80. The van der Waals surface area contributed by atoms with E-state index in [-0.39, 0.29) is 11.9 Å². The Morgan fingerprint density at radius 2 is 1.97 bits per heavy atom. The average Bonchev–Trinajstić information content (AvgIpc) is 3.22. The van der Waals surface area contributed by atoms with Crippen molar-refractivity contribution in [3.05, 3.63) is 66.4 Å². The van der Waals surface area contributed by atoms with Crippen molar-refractivity contribution in [3.63, 3.8) is 0 Å². The number of aryl methyl sites for hydroxylation is 1. The van der Waals surface area contributed by atoms with E-state index in [0.29, 0.717) is 0 Å². The molecule has 2 aromatic carbocycles. The highest BCUT2D eigenvalue weighted by Crippen LogP contribution is 2.23. The van der Waals surface area contributed by atoms with E-state index in [2.05, 4.69) is 70.1 Å².